The van der Waals surface area contributed by atoms with Gasteiger partial charge in [-0.25, -0.2) is 0 Å². The summed E-state index contributed by atoms with van der Waals surface area (Å²) in [6.07, 6.45) is 2.93. The lowest BCUT2D eigenvalue weighted by Crippen LogP contribution is -2.44. The molecule has 1 aromatic carbocycles. The number of benzene rings is 1. The van der Waals surface area contributed by atoms with Gasteiger partial charge >= 0.3 is 0 Å². The predicted molar refractivity (Wildman–Crippen MR) is 126 cm³/mol. The van der Waals surface area contributed by atoms with Gasteiger partial charge in [-0.15, -0.1) is 0 Å². The van der Waals surface area contributed by atoms with E-state index in [1.54, 1.807) is 6.07 Å². The number of aryl methyl sites for hydroxylation is 1. The number of aromatic nitrogens is 1. The van der Waals surface area contributed by atoms with Crippen LogP contribution in [0.2, 0.25) is 5.02 Å². The van der Waals surface area contributed by atoms with E-state index < -0.39 is 0 Å². The van der Waals surface area contributed by atoms with Crippen LogP contribution in [0, 0.1) is 6.92 Å². The highest BCUT2D eigenvalue weighted by Crippen LogP contribution is 2.23. The van der Waals surface area contributed by atoms with Gasteiger partial charge in [0.25, 0.3) is 5.56 Å². The maximum atomic E-state index is 11.9. The lowest BCUT2D eigenvalue weighted by molar-refractivity contribution is 0.583. The van der Waals surface area contributed by atoms with E-state index in [0.717, 1.165) is 68.7 Å². The van der Waals surface area contributed by atoms with Crippen LogP contribution in [-0.4, -0.2) is 42.7 Å². The Bertz CT molecular complexity index is 910. The Hall–Kier alpha value is -2.47. The minimum absolute atomic E-state index is 0.0685. The molecule has 30 heavy (non-hydrogen) atoms. The molecule has 2 aromatic rings. The average molecular weight is 430 g/mol. The highest BCUT2D eigenvalue weighted by Gasteiger charge is 2.23. The van der Waals surface area contributed by atoms with E-state index >= 15 is 0 Å². The summed E-state index contributed by atoms with van der Waals surface area (Å²) in [6, 6.07) is 13.8. The van der Waals surface area contributed by atoms with Crippen molar-refractivity contribution < 1.29 is 0 Å². The molecule has 0 saturated carbocycles. The Morgan fingerprint density at radius 2 is 2.07 bits per heavy atom. The van der Waals surface area contributed by atoms with Gasteiger partial charge in [0.05, 0.1) is 0 Å². The first kappa shape index (κ1) is 22.2. The van der Waals surface area contributed by atoms with E-state index in [1.165, 1.54) is 5.69 Å². The standard InChI is InChI=1S/C23H32ClN5O/c1-3-25-23(26-13-4-5-14-29-18(2)8-6-11-22(29)30)27-20-12-15-28(17-20)21-10-7-9-19(24)16-21/h6-11,16,20H,3-5,12-15,17H2,1-2H3,(H2,25,26,27). The molecule has 1 aliphatic rings. The number of hydrogen-bond donors (Lipinski definition) is 2. The smallest absolute Gasteiger partial charge is 0.250 e. The van der Waals surface area contributed by atoms with Gasteiger partial charge in [-0.2, -0.15) is 0 Å². The van der Waals surface area contributed by atoms with Gasteiger partial charge in [0.2, 0.25) is 0 Å². The molecule has 1 fully saturated rings. The van der Waals surface area contributed by atoms with Crippen LogP contribution in [-0.2, 0) is 6.54 Å². The number of nitrogens with one attached hydrogen (secondary N) is 2. The van der Waals surface area contributed by atoms with Crippen molar-refractivity contribution in [2.24, 2.45) is 4.99 Å². The van der Waals surface area contributed by atoms with Crippen molar-refractivity contribution in [3.05, 3.63) is 63.5 Å². The molecule has 0 amide bonds. The highest BCUT2D eigenvalue weighted by atomic mass is 35.5. The molecule has 1 aromatic heterocycles. The van der Waals surface area contributed by atoms with Crippen molar-refractivity contribution >= 4 is 23.2 Å². The van der Waals surface area contributed by atoms with Crippen LogP contribution in [0.5, 0.6) is 0 Å². The second-order valence-corrected chi connectivity index (χ2v) is 8.12. The third-order valence-corrected chi connectivity index (χ3v) is 5.61. The topological polar surface area (TPSA) is 61.7 Å². The van der Waals surface area contributed by atoms with E-state index in [1.807, 2.05) is 41.8 Å². The van der Waals surface area contributed by atoms with Gasteiger partial charge in [0, 0.05) is 61.2 Å². The Balaban J connectivity index is 1.47. The maximum absolute atomic E-state index is 11.9. The summed E-state index contributed by atoms with van der Waals surface area (Å²) in [4.78, 5) is 19.0. The van der Waals surface area contributed by atoms with Crippen LogP contribution in [0.1, 0.15) is 31.9 Å². The van der Waals surface area contributed by atoms with E-state index in [-0.39, 0.29) is 5.56 Å². The van der Waals surface area contributed by atoms with E-state index in [0.29, 0.717) is 6.04 Å². The normalized spacial score (nSPS) is 16.7. The molecule has 6 nitrogen and oxygen atoms in total. The van der Waals surface area contributed by atoms with Gasteiger partial charge in [-0.1, -0.05) is 23.7 Å². The zero-order chi connectivity index (χ0) is 21.3. The number of halogens is 1. The lowest BCUT2D eigenvalue weighted by atomic mass is 10.2. The average Bonchev–Trinajstić information content (AvgIpc) is 3.18. The van der Waals surface area contributed by atoms with Crippen LogP contribution >= 0.6 is 11.6 Å². The maximum Gasteiger partial charge on any atom is 0.250 e. The number of aliphatic imine (C=N–C) groups is 1. The molecule has 0 bridgehead atoms. The molecule has 7 heteroatoms. The molecule has 162 valence electrons. The van der Waals surface area contributed by atoms with E-state index in [4.69, 9.17) is 16.6 Å². The van der Waals surface area contributed by atoms with Crippen molar-refractivity contribution in [3.8, 4) is 0 Å². The Kier molecular flexibility index (Phi) is 8.20. The Labute approximate surface area is 184 Å². The van der Waals surface area contributed by atoms with Gasteiger partial charge in [0.1, 0.15) is 0 Å². The molecule has 1 atom stereocenters. The summed E-state index contributed by atoms with van der Waals surface area (Å²) in [5.74, 6) is 0.864. The van der Waals surface area contributed by atoms with Crippen LogP contribution < -0.4 is 21.1 Å². The number of hydrogen-bond acceptors (Lipinski definition) is 3. The SMILES string of the molecule is CCNC(=NCCCCn1c(C)cccc1=O)NC1CCN(c2cccc(Cl)c2)C1. The quantitative estimate of drug-likeness (QED) is 0.383. The van der Waals surface area contributed by atoms with E-state index in [9.17, 15) is 4.79 Å². The largest absolute Gasteiger partial charge is 0.369 e. The van der Waals surface area contributed by atoms with Crippen LogP contribution in [0.25, 0.3) is 0 Å². The van der Waals surface area contributed by atoms with Gasteiger partial charge in [0.15, 0.2) is 5.96 Å². The van der Waals surface area contributed by atoms with Crippen molar-refractivity contribution in [1.82, 2.24) is 15.2 Å². The molecule has 0 radical (unpaired) electrons. The minimum atomic E-state index is 0.0685. The number of pyridine rings is 1. The second kappa shape index (κ2) is 11.1. The summed E-state index contributed by atoms with van der Waals surface area (Å²) in [5.41, 5.74) is 2.24. The van der Waals surface area contributed by atoms with Crippen molar-refractivity contribution in [2.75, 3.05) is 31.1 Å². The van der Waals surface area contributed by atoms with Gasteiger partial charge < -0.3 is 20.1 Å². The van der Waals surface area contributed by atoms with Gasteiger partial charge in [-0.3, -0.25) is 9.79 Å². The molecule has 0 spiro atoms. The summed E-state index contributed by atoms with van der Waals surface area (Å²) >= 11 is 6.13. The summed E-state index contributed by atoms with van der Waals surface area (Å²) < 4.78 is 1.83. The molecular formula is C23H32ClN5O. The van der Waals surface area contributed by atoms with Crippen LogP contribution in [0.3, 0.4) is 0 Å². The zero-order valence-corrected chi connectivity index (χ0v) is 18.7. The lowest BCUT2D eigenvalue weighted by Gasteiger charge is -2.20. The molecule has 2 N–H and O–H groups in total. The van der Waals surface area contributed by atoms with Crippen molar-refractivity contribution in [2.45, 2.75) is 45.7 Å². The number of anilines is 1. The van der Waals surface area contributed by atoms with Crippen LogP contribution in [0.15, 0.2) is 52.3 Å². The molecule has 1 aliphatic heterocycles. The van der Waals surface area contributed by atoms with Crippen LogP contribution in [0.4, 0.5) is 5.69 Å². The van der Waals surface area contributed by atoms with Gasteiger partial charge in [-0.05, 0) is 57.4 Å². The third kappa shape index (κ3) is 6.26. The first-order chi connectivity index (χ1) is 14.6. The first-order valence-electron chi connectivity index (χ1n) is 10.8. The number of rotatable bonds is 8. The summed E-state index contributed by atoms with van der Waals surface area (Å²) in [6.45, 7) is 8.29. The minimum Gasteiger partial charge on any atom is -0.369 e. The summed E-state index contributed by atoms with van der Waals surface area (Å²) in [5, 5.41) is 7.68. The van der Waals surface area contributed by atoms with Crippen molar-refractivity contribution in [1.29, 1.82) is 0 Å². The number of unbranched alkanes of at least 4 members (excludes halogenated alkanes) is 1. The predicted octanol–water partition coefficient (Wildman–Crippen LogP) is 3.42. The fraction of sp³-hybridized carbons (Fsp3) is 0.478. The molecule has 3 rings (SSSR count). The molecule has 1 saturated heterocycles. The molecule has 0 aliphatic carbocycles. The zero-order valence-electron chi connectivity index (χ0n) is 17.9. The second-order valence-electron chi connectivity index (χ2n) is 7.68. The summed E-state index contributed by atoms with van der Waals surface area (Å²) in [7, 11) is 0. The third-order valence-electron chi connectivity index (χ3n) is 5.37. The Morgan fingerprint density at radius 1 is 1.23 bits per heavy atom. The molecule has 1 unspecified atom stereocenters. The first-order valence-corrected chi connectivity index (χ1v) is 11.2. The van der Waals surface area contributed by atoms with E-state index in [2.05, 4.69) is 28.5 Å². The molecule has 2 heterocycles. The fourth-order valence-corrected chi connectivity index (χ4v) is 3.97. The fourth-order valence-electron chi connectivity index (χ4n) is 3.78. The number of guanidine groups is 1. The van der Waals surface area contributed by atoms with Crippen molar-refractivity contribution in [3.63, 3.8) is 0 Å². The Morgan fingerprint density at radius 3 is 2.83 bits per heavy atom. The highest BCUT2D eigenvalue weighted by molar-refractivity contribution is 6.30. The number of nitrogens with zero attached hydrogens (tertiary/aromatic N) is 3. The molecular weight excluding hydrogens is 398 g/mol. The monoisotopic (exact) mass is 429 g/mol.